The van der Waals surface area contributed by atoms with Gasteiger partial charge in [-0.25, -0.2) is 0 Å². The number of carbonyl (C=O) groups is 4. The topological polar surface area (TPSA) is 102 Å². The van der Waals surface area contributed by atoms with E-state index < -0.39 is 11.9 Å². The maximum atomic E-state index is 12.9. The third kappa shape index (κ3) is 4.22. The van der Waals surface area contributed by atoms with Gasteiger partial charge in [-0.05, 0) is 30.7 Å². The van der Waals surface area contributed by atoms with Crippen molar-refractivity contribution in [3.05, 3.63) is 34.9 Å². The highest BCUT2D eigenvalue weighted by Crippen LogP contribution is 2.28. The summed E-state index contributed by atoms with van der Waals surface area (Å²) in [7, 11) is 1.89. The molecule has 1 atom stereocenters. The molecule has 4 rings (SSSR count). The molecule has 2 saturated heterocycles. The fourth-order valence-electron chi connectivity index (χ4n) is 4.31. The van der Waals surface area contributed by atoms with Crippen molar-refractivity contribution in [3.63, 3.8) is 0 Å². The number of piperazine rings is 1. The minimum absolute atomic E-state index is 0.111. The molecule has 160 valence electrons. The Morgan fingerprint density at radius 1 is 1.20 bits per heavy atom. The van der Waals surface area contributed by atoms with Crippen molar-refractivity contribution < 1.29 is 19.2 Å². The normalized spacial score (nSPS) is 21.8. The van der Waals surface area contributed by atoms with Crippen LogP contribution in [0.15, 0.2) is 18.2 Å². The van der Waals surface area contributed by atoms with Crippen LogP contribution in [0.3, 0.4) is 0 Å². The molecule has 3 aliphatic rings. The van der Waals surface area contributed by atoms with E-state index in [1.807, 2.05) is 35.0 Å². The van der Waals surface area contributed by atoms with Gasteiger partial charge in [0.1, 0.15) is 6.04 Å². The van der Waals surface area contributed by atoms with Crippen LogP contribution in [0, 0.1) is 0 Å². The number of carbonyl (C=O) groups excluding carboxylic acids is 4. The van der Waals surface area contributed by atoms with Crippen LogP contribution in [0.2, 0.25) is 0 Å². The maximum absolute atomic E-state index is 12.9. The van der Waals surface area contributed by atoms with Gasteiger partial charge < -0.3 is 15.1 Å². The van der Waals surface area contributed by atoms with Crippen molar-refractivity contribution in [2.24, 2.45) is 0 Å². The van der Waals surface area contributed by atoms with Gasteiger partial charge in [-0.15, -0.1) is 0 Å². The number of rotatable bonds is 5. The highest BCUT2D eigenvalue weighted by atomic mass is 16.2. The van der Waals surface area contributed by atoms with Gasteiger partial charge in [-0.2, -0.15) is 0 Å². The molecule has 4 amide bonds. The molecule has 0 aliphatic carbocycles. The molecule has 0 spiro atoms. The number of amides is 4. The quantitative estimate of drug-likeness (QED) is 0.620. The summed E-state index contributed by atoms with van der Waals surface area (Å²) < 4.78 is 0. The summed E-state index contributed by atoms with van der Waals surface area (Å²) in [6.07, 6.45) is 0.599. The van der Waals surface area contributed by atoms with Crippen LogP contribution in [0.5, 0.6) is 0 Å². The van der Waals surface area contributed by atoms with Crippen molar-refractivity contribution >= 4 is 23.6 Å². The Balaban J connectivity index is 1.38. The van der Waals surface area contributed by atoms with Crippen LogP contribution in [-0.4, -0.2) is 84.1 Å². The number of nitrogens with zero attached hydrogens (tertiary/aromatic N) is 3. The highest BCUT2D eigenvalue weighted by Gasteiger charge is 2.39. The zero-order chi connectivity index (χ0) is 21.3. The van der Waals surface area contributed by atoms with Crippen molar-refractivity contribution in [1.29, 1.82) is 0 Å². The first-order valence-electron chi connectivity index (χ1n) is 10.4. The third-order valence-electron chi connectivity index (χ3n) is 5.92. The maximum Gasteiger partial charge on any atom is 0.255 e. The number of benzene rings is 1. The molecular formula is C21H27N5O4. The number of piperidine rings is 1. The van der Waals surface area contributed by atoms with Gasteiger partial charge in [0.15, 0.2) is 0 Å². The zero-order valence-corrected chi connectivity index (χ0v) is 17.1. The zero-order valence-electron chi connectivity index (χ0n) is 17.1. The van der Waals surface area contributed by atoms with Crippen molar-refractivity contribution in [2.75, 3.05) is 39.8 Å². The second-order valence-corrected chi connectivity index (χ2v) is 8.19. The summed E-state index contributed by atoms with van der Waals surface area (Å²) in [4.78, 5) is 54.3. The third-order valence-corrected chi connectivity index (χ3v) is 5.92. The molecule has 9 nitrogen and oxygen atoms in total. The predicted octanol–water partition coefficient (Wildman–Crippen LogP) is -0.689. The number of hydrogen-bond donors (Lipinski definition) is 2. The van der Waals surface area contributed by atoms with E-state index in [4.69, 9.17) is 0 Å². The van der Waals surface area contributed by atoms with E-state index in [0.717, 1.165) is 37.3 Å². The lowest BCUT2D eigenvalue weighted by Crippen LogP contribution is -2.52. The molecule has 0 saturated carbocycles. The molecule has 0 radical (unpaired) electrons. The van der Waals surface area contributed by atoms with E-state index in [1.54, 1.807) is 4.90 Å². The number of fused-ring (bicyclic) bond motifs is 1. The Labute approximate surface area is 175 Å². The average molecular weight is 413 g/mol. The summed E-state index contributed by atoms with van der Waals surface area (Å²) in [5.74, 6) is -0.763. The van der Waals surface area contributed by atoms with Gasteiger partial charge in [0.2, 0.25) is 17.7 Å². The van der Waals surface area contributed by atoms with Crippen molar-refractivity contribution in [1.82, 2.24) is 25.3 Å². The van der Waals surface area contributed by atoms with Crippen molar-refractivity contribution in [3.8, 4) is 0 Å². The average Bonchev–Trinajstić information content (AvgIpc) is 3.04. The van der Waals surface area contributed by atoms with E-state index in [9.17, 15) is 19.2 Å². The van der Waals surface area contributed by atoms with Crippen LogP contribution in [0.25, 0.3) is 0 Å². The first kappa shape index (κ1) is 20.5. The van der Waals surface area contributed by atoms with E-state index >= 15 is 0 Å². The second-order valence-electron chi connectivity index (χ2n) is 8.19. The van der Waals surface area contributed by atoms with Crippen LogP contribution in [-0.2, 0) is 27.5 Å². The van der Waals surface area contributed by atoms with Crippen LogP contribution in [0.1, 0.15) is 34.3 Å². The minimum Gasteiger partial charge on any atom is -0.339 e. The lowest BCUT2D eigenvalue weighted by atomic mass is 10.0. The Morgan fingerprint density at radius 2 is 1.97 bits per heavy atom. The minimum atomic E-state index is -0.606. The number of likely N-dealkylation sites (N-methyl/N-ethyl adjacent to an activating group) is 1. The Hall–Kier alpha value is -2.78. The molecule has 30 heavy (non-hydrogen) atoms. The number of imide groups is 1. The van der Waals surface area contributed by atoms with Gasteiger partial charge in [-0.3, -0.25) is 29.4 Å². The Bertz CT molecular complexity index is 880. The van der Waals surface area contributed by atoms with Gasteiger partial charge in [0, 0.05) is 51.3 Å². The molecule has 3 heterocycles. The first-order valence-corrected chi connectivity index (χ1v) is 10.4. The first-order chi connectivity index (χ1) is 14.4. The van der Waals surface area contributed by atoms with E-state index in [0.29, 0.717) is 31.6 Å². The fraction of sp³-hybridized carbons (Fsp3) is 0.524. The lowest BCUT2D eigenvalue weighted by Gasteiger charge is -2.29. The summed E-state index contributed by atoms with van der Waals surface area (Å²) in [5, 5.41) is 5.56. The smallest absolute Gasteiger partial charge is 0.255 e. The molecule has 2 N–H and O–H groups in total. The molecule has 9 heteroatoms. The molecule has 3 aliphatic heterocycles. The predicted molar refractivity (Wildman–Crippen MR) is 108 cm³/mol. The largest absolute Gasteiger partial charge is 0.339 e. The number of nitrogens with one attached hydrogen (secondary N) is 2. The Kier molecular flexibility index (Phi) is 5.83. The molecule has 0 aromatic heterocycles. The lowest BCUT2D eigenvalue weighted by molar-refractivity contribution is -0.137. The molecule has 1 aromatic carbocycles. The summed E-state index contributed by atoms with van der Waals surface area (Å²) in [6, 6.07) is 5.13. The second kappa shape index (κ2) is 8.53. The van der Waals surface area contributed by atoms with E-state index in [-0.39, 0.29) is 24.1 Å². The molecule has 1 aromatic rings. The van der Waals surface area contributed by atoms with Gasteiger partial charge in [-0.1, -0.05) is 12.1 Å². The SMILES string of the molecule is CN(CC(=O)N1CCNCC1)Cc1ccc2c(c1)C(=O)N(C1CCC(=O)NC1=O)C2. The monoisotopic (exact) mass is 413 g/mol. The summed E-state index contributed by atoms with van der Waals surface area (Å²) >= 11 is 0. The van der Waals surface area contributed by atoms with Crippen LogP contribution in [0.4, 0.5) is 0 Å². The molecular weight excluding hydrogens is 386 g/mol. The van der Waals surface area contributed by atoms with Gasteiger partial charge >= 0.3 is 0 Å². The molecule has 0 bridgehead atoms. The summed E-state index contributed by atoms with van der Waals surface area (Å²) in [6.45, 7) is 4.37. The highest BCUT2D eigenvalue weighted by molar-refractivity contribution is 6.05. The molecule has 1 unspecified atom stereocenters. The van der Waals surface area contributed by atoms with Crippen molar-refractivity contribution in [2.45, 2.75) is 32.0 Å². The van der Waals surface area contributed by atoms with Crippen LogP contribution < -0.4 is 10.6 Å². The Morgan fingerprint density at radius 3 is 2.70 bits per heavy atom. The standard InChI is InChI=1S/C21H27N5O4/c1-24(13-19(28)25-8-6-22-7-9-25)11-14-2-3-15-12-26(21(30)16(15)10-14)17-4-5-18(27)23-20(17)29/h2-3,10,17,22H,4-9,11-13H2,1H3,(H,23,27,29). The fourth-order valence-corrected chi connectivity index (χ4v) is 4.31. The van der Waals surface area contributed by atoms with Crippen LogP contribution >= 0.6 is 0 Å². The van der Waals surface area contributed by atoms with E-state index in [2.05, 4.69) is 10.6 Å². The summed E-state index contributed by atoms with van der Waals surface area (Å²) in [5.41, 5.74) is 2.43. The van der Waals surface area contributed by atoms with E-state index in [1.165, 1.54) is 0 Å². The van der Waals surface area contributed by atoms with Gasteiger partial charge in [0.05, 0.1) is 6.54 Å². The molecule has 2 fully saturated rings. The number of hydrogen-bond acceptors (Lipinski definition) is 6. The van der Waals surface area contributed by atoms with Gasteiger partial charge in [0.25, 0.3) is 5.91 Å².